The Kier molecular flexibility index (Phi) is 8.49. The van der Waals surface area contributed by atoms with E-state index in [1.807, 2.05) is 32.0 Å². The molecule has 172 valence electrons. The highest BCUT2D eigenvalue weighted by Gasteiger charge is 2.28. The lowest BCUT2D eigenvalue weighted by molar-refractivity contribution is -0.140. The van der Waals surface area contributed by atoms with Crippen LogP contribution in [0.2, 0.25) is 0 Å². The van der Waals surface area contributed by atoms with E-state index in [2.05, 4.69) is 49.5 Å². The molecule has 2 amide bonds. The van der Waals surface area contributed by atoms with Crippen molar-refractivity contribution in [2.45, 2.75) is 90.8 Å². The Morgan fingerprint density at radius 3 is 2.31 bits per heavy atom. The van der Waals surface area contributed by atoms with Gasteiger partial charge in [-0.3, -0.25) is 9.59 Å². The molecule has 1 fully saturated rings. The molecule has 4 nitrogen and oxygen atoms in total. The van der Waals surface area contributed by atoms with E-state index in [9.17, 15) is 9.59 Å². The van der Waals surface area contributed by atoms with Crippen molar-refractivity contribution in [1.29, 1.82) is 0 Å². The first-order valence-electron chi connectivity index (χ1n) is 12.1. The van der Waals surface area contributed by atoms with Crippen molar-refractivity contribution in [3.05, 3.63) is 70.8 Å². The summed E-state index contributed by atoms with van der Waals surface area (Å²) in [6.07, 6.45) is 5.49. The second-order valence-corrected chi connectivity index (χ2v) is 9.57. The molecule has 0 bridgehead atoms. The monoisotopic (exact) mass is 434 g/mol. The number of aryl methyl sites for hydroxylation is 2. The zero-order valence-corrected chi connectivity index (χ0v) is 20.1. The third kappa shape index (κ3) is 6.69. The first-order valence-corrected chi connectivity index (χ1v) is 12.1. The summed E-state index contributed by atoms with van der Waals surface area (Å²) < 4.78 is 0. The zero-order valence-electron chi connectivity index (χ0n) is 20.1. The summed E-state index contributed by atoms with van der Waals surface area (Å²) in [6.45, 7) is 8.72. The molecule has 2 aromatic rings. The van der Waals surface area contributed by atoms with Gasteiger partial charge in [0, 0.05) is 19.0 Å². The second-order valence-electron chi connectivity index (χ2n) is 9.57. The van der Waals surface area contributed by atoms with E-state index < -0.39 is 6.04 Å². The highest BCUT2D eigenvalue weighted by molar-refractivity contribution is 5.87. The maximum Gasteiger partial charge on any atom is 0.242 e. The molecule has 32 heavy (non-hydrogen) atoms. The molecule has 0 radical (unpaired) electrons. The molecule has 1 aliphatic rings. The van der Waals surface area contributed by atoms with Gasteiger partial charge in [-0.1, -0.05) is 80.8 Å². The van der Waals surface area contributed by atoms with E-state index >= 15 is 0 Å². The Morgan fingerprint density at radius 1 is 1.00 bits per heavy atom. The van der Waals surface area contributed by atoms with Crippen LogP contribution < -0.4 is 5.32 Å². The van der Waals surface area contributed by atoms with Gasteiger partial charge in [0.1, 0.15) is 6.04 Å². The van der Waals surface area contributed by atoms with Gasteiger partial charge in [0.05, 0.1) is 0 Å². The summed E-state index contributed by atoms with van der Waals surface area (Å²) >= 11 is 0. The molecule has 1 atom stereocenters. The molecule has 0 saturated heterocycles. The minimum Gasteiger partial charge on any atom is -0.352 e. The van der Waals surface area contributed by atoms with Gasteiger partial charge >= 0.3 is 0 Å². The van der Waals surface area contributed by atoms with Crippen LogP contribution in [0.15, 0.2) is 48.5 Å². The minimum absolute atomic E-state index is 0.0218. The van der Waals surface area contributed by atoms with Gasteiger partial charge in [0.15, 0.2) is 0 Å². The van der Waals surface area contributed by atoms with E-state index in [0.717, 1.165) is 29.5 Å². The van der Waals surface area contributed by atoms with Gasteiger partial charge in [0.25, 0.3) is 0 Å². The first-order chi connectivity index (χ1) is 15.3. The number of carbonyl (C=O) groups excluding carboxylic acids is 2. The lowest BCUT2D eigenvalue weighted by atomic mass is 10.00. The smallest absolute Gasteiger partial charge is 0.242 e. The van der Waals surface area contributed by atoms with Crippen LogP contribution in [0.4, 0.5) is 0 Å². The summed E-state index contributed by atoms with van der Waals surface area (Å²) in [5.41, 5.74) is 4.67. The predicted molar refractivity (Wildman–Crippen MR) is 130 cm³/mol. The van der Waals surface area contributed by atoms with Crippen LogP contribution in [0.1, 0.15) is 81.0 Å². The summed E-state index contributed by atoms with van der Waals surface area (Å²) in [5, 5.41) is 3.17. The van der Waals surface area contributed by atoms with Crippen molar-refractivity contribution in [3.63, 3.8) is 0 Å². The lowest BCUT2D eigenvalue weighted by Gasteiger charge is -2.30. The van der Waals surface area contributed by atoms with Gasteiger partial charge < -0.3 is 10.2 Å². The van der Waals surface area contributed by atoms with Gasteiger partial charge in [-0.2, -0.15) is 0 Å². The van der Waals surface area contributed by atoms with Crippen LogP contribution in [-0.2, 0) is 22.6 Å². The molecule has 0 aliphatic heterocycles. The number of hydrogen-bond acceptors (Lipinski definition) is 2. The van der Waals surface area contributed by atoms with Crippen LogP contribution in [0.3, 0.4) is 0 Å². The molecule has 3 rings (SSSR count). The third-order valence-corrected chi connectivity index (χ3v) is 6.58. The third-order valence-electron chi connectivity index (χ3n) is 6.58. The fraction of sp³-hybridized carbons (Fsp3) is 0.500. The topological polar surface area (TPSA) is 49.4 Å². The number of nitrogens with one attached hydrogen (secondary N) is 1. The molecule has 2 aromatic carbocycles. The normalized spacial score (nSPS) is 15.0. The van der Waals surface area contributed by atoms with E-state index in [0.29, 0.717) is 25.3 Å². The summed E-state index contributed by atoms with van der Waals surface area (Å²) in [7, 11) is 0. The summed E-state index contributed by atoms with van der Waals surface area (Å²) in [5.74, 6) is 0.474. The van der Waals surface area contributed by atoms with E-state index in [1.165, 1.54) is 18.4 Å². The fourth-order valence-corrected chi connectivity index (χ4v) is 4.45. The maximum absolute atomic E-state index is 13.3. The van der Waals surface area contributed by atoms with Crippen molar-refractivity contribution in [1.82, 2.24) is 10.2 Å². The highest BCUT2D eigenvalue weighted by Crippen LogP contribution is 2.20. The quantitative estimate of drug-likeness (QED) is 0.564. The fourth-order valence-electron chi connectivity index (χ4n) is 4.45. The molecular weight excluding hydrogens is 396 g/mol. The summed E-state index contributed by atoms with van der Waals surface area (Å²) in [4.78, 5) is 28.0. The van der Waals surface area contributed by atoms with Gasteiger partial charge in [-0.25, -0.2) is 0 Å². The van der Waals surface area contributed by atoms with Crippen molar-refractivity contribution >= 4 is 11.8 Å². The maximum atomic E-state index is 13.3. The van der Waals surface area contributed by atoms with Gasteiger partial charge in [-0.05, 0) is 55.7 Å². The Bertz CT molecular complexity index is 898. The number of carbonyl (C=O) groups is 2. The van der Waals surface area contributed by atoms with Crippen molar-refractivity contribution in [2.24, 2.45) is 0 Å². The SMILES string of the molecule is Cc1cccc(CN(C(=O)CCc2ccc(C(C)C)cc2)[C@H](C)C(=O)NC2CCCC2)c1. The number of amides is 2. The van der Waals surface area contributed by atoms with Crippen LogP contribution in [0.5, 0.6) is 0 Å². The standard InChI is InChI=1S/C28H38N2O2/c1-20(2)25-15-12-23(13-16-25)14-17-27(31)30(19-24-9-7-8-21(3)18-24)22(4)28(32)29-26-10-5-6-11-26/h7-9,12-13,15-16,18,20,22,26H,5-6,10-11,14,17,19H2,1-4H3,(H,29,32)/t22-/m1/s1. The highest BCUT2D eigenvalue weighted by atomic mass is 16.2. The van der Waals surface area contributed by atoms with E-state index in [1.54, 1.807) is 4.90 Å². The number of hydrogen-bond donors (Lipinski definition) is 1. The van der Waals surface area contributed by atoms with Crippen molar-refractivity contribution in [2.75, 3.05) is 0 Å². The number of rotatable bonds is 9. The molecule has 1 N–H and O–H groups in total. The Morgan fingerprint density at radius 2 is 1.69 bits per heavy atom. The van der Waals surface area contributed by atoms with Gasteiger partial charge in [0.2, 0.25) is 11.8 Å². The molecule has 1 aliphatic carbocycles. The molecule has 0 aromatic heterocycles. The lowest BCUT2D eigenvalue weighted by Crippen LogP contribution is -2.49. The molecule has 0 unspecified atom stereocenters. The largest absolute Gasteiger partial charge is 0.352 e. The first kappa shape index (κ1) is 24.0. The van der Waals surface area contributed by atoms with Gasteiger partial charge in [-0.15, -0.1) is 0 Å². The number of nitrogens with zero attached hydrogens (tertiary/aromatic N) is 1. The van der Waals surface area contributed by atoms with Crippen LogP contribution >= 0.6 is 0 Å². The van der Waals surface area contributed by atoms with E-state index in [-0.39, 0.29) is 17.9 Å². The van der Waals surface area contributed by atoms with Crippen LogP contribution in [0, 0.1) is 6.92 Å². The average Bonchev–Trinajstić information content (AvgIpc) is 3.28. The number of benzene rings is 2. The van der Waals surface area contributed by atoms with Crippen molar-refractivity contribution < 1.29 is 9.59 Å². The summed E-state index contributed by atoms with van der Waals surface area (Å²) in [6, 6.07) is 16.4. The Labute approximate surface area is 193 Å². The molecule has 0 heterocycles. The molecule has 1 saturated carbocycles. The zero-order chi connectivity index (χ0) is 23.1. The van der Waals surface area contributed by atoms with Crippen LogP contribution in [-0.4, -0.2) is 28.8 Å². The Hall–Kier alpha value is -2.62. The van der Waals surface area contributed by atoms with E-state index in [4.69, 9.17) is 0 Å². The van der Waals surface area contributed by atoms with Crippen LogP contribution in [0.25, 0.3) is 0 Å². The Balaban J connectivity index is 1.69. The molecule has 0 spiro atoms. The predicted octanol–water partition coefficient (Wildman–Crippen LogP) is 5.53. The average molecular weight is 435 g/mol. The molecular formula is C28H38N2O2. The molecule has 4 heteroatoms. The van der Waals surface area contributed by atoms with Crippen molar-refractivity contribution in [3.8, 4) is 0 Å². The second kappa shape index (κ2) is 11.3. The minimum atomic E-state index is -0.494.